The molecule has 2 aliphatic heterocycles. The van der Waals surface area contributed by atoms with Crippen LogP contribution in [0, 0.1) is 6.92 Å². The number of carbonyl (C=O) groups is 1. The van der Waals surface area contributed by atoms with Crippen LogP contribution in [0.15, 0.2) is 16.7 Å². The van der Waals surface area contributed by atoms with Crippen molar-refractivity contribution in [3.05, 3.63) is 34.4 Å². The molecule has 2 aromatic rings. The number of rotatable bonds is 2. The normalized spacial score (nSPS) is 19.6. The van der Waals surface area contributed by atoms with Gasteiger partial charge in [-0.2, -0.15) is 4.98 Å². The van der Waals surface area contributed by atoms with E-state index in [0.717, 1.165) is 12.8 Å². The molecule has 1 amide bonds. The molecule has 0 saturated carbocycles. The summed E-state index contributed by atoms with van der Waals surface area (Å²) in [5.74, 6) is 1.90. The highest BCUT2D eigenvalue weighted by Gasteiger charge is 2.34. The van der Waals surface area contributed by atoms with Gasteiger partial charge < -0.3 is 18.9 Å². The molecule has 1 saturated heterocycles. The number of carbonyl (C=O) groups excluding carboxylic acids is 1. The van der Waals surface area contributed by atoms with Crippen molar-refractivity contribution in [2.75, 3.05) is 19.8 Å². The van der Waals surface area contributed by atoms with Gasteiger partial charge in [0.1, 0.15) is 13.2 Å². The first-order valence-electron chi connectivity index (χ1n) is 7.84. The van der Waals surface area contributed by atoms with E-state index in [0.29, 0.717) is 53.6 Å². The lowest BCUT2D eigenvalue weighted by Gasteiger charge is -2.24. The van der Waals surface area contributed by atoms with Crippen LogP contribution in [-0.4, -0.2) is 40.7 Å². The first-order valence-corrected chi connectivity index (χ1v) is 8.21. The van der Waals surface area contributed by atoms with E-state index in [2.05, 4.69) is 10.1 Å². The maximum Gasteiger partial charge on any atom is 0.254 e. The molecule has 0 radical (unpaired) electrons. The lowest BCUT2D eigenvalue weighted by atomic mass is 10.1. The van der Waals surface area contributed by atoms with Crippen LogP contribution in [0.1, 0.15) is 41.0 Å². The summed E-state index contributed by atoms with van der Waals surface area (Å²) in [6, 6.07) is 3.12. The van der Waals surface area contributed by atoms with Crippen molar-refractivity contribution in [1.29, 1.82) is 0 Å². The summed E-state index contributed by atoms with van der Waals surface area (Å²) in [5, 5.41) is 4.34. The maximum absolute atomic E-state index is 13.0. The lowest BCUT2D eigenvalue weighted by Crippen LogP contribution is -2.31. The first kappa shape index (κ1) is 15.3. The van der Waals surface area contributed by atoms with Gasteiger partial charge in [0.25, 0.3) is 5.91 Å². The van der Waals surface area contributed by atoms with E-state index >= 15 is 0 Å². The first-order chi connectivity index (χ1) is 11.6. The third kappa shape index (κ3) is 2.58. The quantitative estimate of drug-likeness (QED) is 0.829. The maximum atomic E-state index is 13.0. The average molecular weight is 350 g/mol. The van der Waals surface area contributed by atoms with Crippen molar-refractivity contribution in [3.63, 3.8) is 0 Å². The Morgan fingerprint density at radius 3 is 2.96 bits per heavy atom. The Hall–Kier alpha value is -2.28. The van der Waals surface area contributed by atoms with E-state index in [-0.39, 0.29) is 11.9 Å². The summed E-state index contributed by atoms with van der Waals surface area (Å²) in [7, 11) is 0. The Bertz CT molecular complexity index is 792. The molecule has 0 bridgehead atoms. The summed E-state index contributed by atoms with van der Waals surface area (Å²) < 4.78 is 16.1. The van der Waals surface area contributed by atoms with Crippen LogP contribution in [0.2, 0.25) is 5.02 Å². The SMILES string of the molecule is Cc1nc([C@@H]2CCCN2C(=O)c2cc(Cl)c3c(c2)OCCO3)no1. The van der Waals surface area contributed by atoms with Gasteiger partial charge in [0, 0.05) is 19.0 Å². The van der Waals surface area contributed by atoms with Crippen molar-refractivity contribution in [2.45, 2.75) is 25.8 Å². The van der Waals surface area contributed by atoms with E-state index in [1.54, 1.807) is 24.0 Å². The van der Waals surface area contributed by atoms with E-state index in [4.69, 9.17) is 25.6 Å². The van der Waals surface area contributed by atoms with E-state index in [1.165, 1.54) is 0 Å². The molecule has 0 N–H and O–H groups in total. The molecule has 1 fully saturated rings. The van der Waals surface area contributed by atoms with Crippen LogP contribution in [0.3, 0.4) is 0 Å². The number of ether oxygens (including phenoxy) is 2. The standard InChI is InChI=1S/C16H16ClN3O4/c1-9-18-15(19-24-9)12-3-2-4-20(12)16(21)10-7-11(17)14-13(8-10)22-5-6-23-14/h7-8,12H,2-6H2,1H3/t12-/m0/s1. The Morgan fingerprint density at radius 2 is 2.17 bits per heavy atom. The monoisotopic (exact) mass is 349 g/mol. The minimum absolute atomic E-state index is 0.126. The number of hydrogen-bond acceptors (Lipinski definition) is 6. The summed E-state index contributed by atoms with van der Waals surface area (Å²) in [6.07, 6.45) is 1.70. The second kappa shape index (κ2) is 5.98. The van der Waals surface area contributed by atoms with Gasteiger partial charge >= 0.3 is 0 Å². The molecule has 1 atom stereocenters. The van der Waals surface area contributed by atoms with Crippen molar-refractivity contribution in [1.82, 2.24) is 15.0 Å². The van der Waals surface area contributed by atoms with Gasteiger partial charge in [0.2, 0.25) is 5.89 Å². The zero-order valence-corrected chi connectivity index (χ0v) is 13.9. The van der Waals surface area contributed by atoms with E-state index < -0.39 is 0 Å². The molecule has 126 valence electrons. The topological polar surface area (TPSA) is 77.7 Å². The minimum atomic E-state index is -0.179. The number of aromatic nitrogens is 2. The number of amides is 1. The molecule has 2 aliphatic rings. The number of likely N-dealkylation sites (tertiary alicyclic amines) is 1. The summed E-state index contributed by atoms with van der Waals surface area (Å²) in [6.45, 7) is 3.27. The van der Waals surface area contributed by atoms with Gasteiger partial charge in [0.15, 0.2) is 17.3 Å². The Labute approximate surface area is 143 Å². The molecule has 0 spiro atoms. The molecule has 8 heteroatoms. The highest BCUT2D eigenvalue weighted by atomic mass is 35.5. The number of halogens is 1. The Balaban J connectivity index is 1.64. The molecule has 4 rings (SSSR count). The van der Waals surface area contributed by atoms with Gasteiger partial charge in [-0.05, 0) is 25.0 Å². The second-order valence-corrected chi connectivity index (χ2v) is 6.22. The molecular weight excluding hydrogens is 334 g/mol. The fraction of sp³-hybridized carbons (Fsp3) is 0.438. The van der Waals surface area contributed by atoms with Crippen LogP contribution in [0.4, 0.5) is 0 Å². The van der Waals surface area contributed by atoms with Gasteiger partial charge in [-0.25, -0.2) is 0 Å². The third-order valence-corrected chi connectivity index (χ3v) is 4.48. The number of fused-ring (bicyclic) bond motifs is 1. The van der Waals surface area contributed by atoms with Gasteiger partial charge in [-0.15, -0.1) is 0 Å². The molecule has 3 heterocycles. The Kier molecular flexibility index (Phi) is 3.80. The van der Waals surface area contributed by atoms with Gasteiger partial charge in [0.05, 0.1) is 11.1 Å². The Morgan fingerprint density at radius 1 is 1.33 bits per heavy atom. The summed E-state index contributed by atoms with van der Waals surface area (Å²) >= 11 is 6.24. The van der Waals surface area contributed by atoms with E-state index in [9.17, 15) is 4.79 Å². The number of nitrogens with zero attached hydrogens (tertiary/aromatic N) is 3. The molecule has 0 aliphatic carbocycles. The average Bonchev–Trinajstić information content (AvgIpc) is 3.22. The second-order valence-electron chi connectivity index (χ2n) is 5.81. The molecular formula is C16H16ClN3O4. The lowest BCUT2D eigenvalue weighted by molar-refractivity contribution is 0.0727. The van der Waals surface area contributed by atoms with E-state index in [1.807, 2.05) is 0 Å². The number of benzene rings is 1. The summed E-state index contributed by atoms with van der Waals surface area (Å²) in [4.78, 5) is 19.0. The number of hydrogen-bond donors (Lipinski definition) is 0. The minimum Gasteiger partial charge on any atom is -0.486 e. The highest BCUT2D eigenvalue weighted by Crippen LogP contribution is 2.39. The zero-order valence-electron chi connectivity index (χ0n) is 13.1. The third-order valence-electron chi connectivity index (χ3n) is 4.20. The predicted octanol–water partition coefficient (Wildman–Crippen LogP) is 2.78. The fourth-order valence-corrected chi connectivity index (χ4v) is 3.39. The van der Waals surface area contributed by atoms with Crippen LogP contribution in [0.5, 0.6) is 11.5 Å². The summed E-state index contributed by atoms with van der Waals surface area (Å²) in [5.41, 5.74) is 0.469. The van der Waals surface area contributed by atoms with Gasteiger partial charge in [-0.1, -0.05) is 16.8 Å². The molecule has 1 aromatic heterocycles. The molecule has 24 heavy (non-hydrogen) atoms. The van der Waals surface area contributed by atoms with Crippen LogP contribution in [0.25, 0.3) is 0 Å². The van der Waals surface area contributed by atoms with Crippen molar-refractivity contribution < 1.29 is 18.8 Å². The smallest absolute Gasteiger partial charge is 0.254 e. The predicted molar refractivity (Wildman–Crippen MR) is 84.5 cm³/mol. The van der Waals surface area contributed by atoms with Gasteiger partial charge in [-0.3, -0.25) is 4.79 Å². The fourth-order valence-electron chi connectivity index (χ4n) is 3.13. The van der Waals surface area contributed by atoms with Crippen LogP contribution >= 0.6 is 11.6 Å². The zero-order chi connectivity index (χ0) is 16.7. The molecule has 1 aromatic carbocycles. The largest absolute Gasteiger partial charge is 0.486 e. The molecule has 0 unspecified atom stereocenters. The van der Waals surface area contributed by atoms with Crippen LogP contribution < -0.4 is 9.47 Å². The highest BCUT2D eigenvalue weighted by molar-refractivity contribution is 6.32. The molecule has 7 nitrogen and oxygen atoms in total. The number of aryl methyl sites for hydroxylation is 1. The van der Waals surface area contributed by atoms with Crippen molar-refractivity contribution in [2.24, 2.45) is 0 Å². The van der Waals surface area contributed by atoms with Crippen molar-refractivity contribution >= 4 is 17.5 Å². The van der Waals surface area contributed by atoms with Crippen molar-refractivity contribution in [3.8, 4) is 11.5 Å². The van der Waals surface area contributed by atoms with Crippen LogP contribution in [-0.2, 0) is 0 Å².